The molecule has 4 N–H and O–H groups in total. The van der Waals surface area contributed by atoms with Gasteiger partial charge < -0.3 is 16.2 Å². The van der Waals surface area contributed by atoms with Gasteiger partial charge in [0, 0.05) is 5.69 Å². The summed E-state index contributed by atoms with van der Waals surface area (Å²) in [6.07, 6.45) is 0. The second kappa shape index (κ2) is 5.83. The van der Waals surface area contributed by atoms with E-state index in [0.29, 0.717) is 28.3 Å². The molecule has 0 aromatic heterocycles. The number of benzene rings is 2. The number of nitrogen functional groups attached to an aromatic ring is 2. The van der Waals surface area contributed by atoms with Crippen LogP contribution in [0.15, 0.2) is 52.7 Å². The molecule has 0 spiro atoms. The van der Waals surface area contributed by atoms with Crippen LogP contribution in [0.5, 0.6) is 0 Å². The quantitative estimate of drug-likeness (QED) is 0.508. The van der Waals surface area contributed by atoms with E-state index in [1.54, 1.807) is 42.5 Å². The van der Waals surface area contributed by atoms with E-state index in [2.05, 4.69) is 15.0 Å². The van der Waals surface area contributed by atoms with Gasteiger partial charge in [0.1, 0.15) is 5.69 Å². The molecule has 0 saturated heterocycles. The minimum absolute atomic E-state index is 0.392. The van der Waals surface area contributed by atoms with Crippen LogP contribution in [0.2, 0.25) is 0 Å². The fraction of sp³-hybridized carbons (Fsp3) is 0.0714. The molecule has 2 aromatic rings. The average molecular weight is 270 g/mol. The fourth-order valence-corrected chi connectivity index (χ4v) is 1.56. The van der Waals surface area contributed by atoms with Gasteiger partial charge in [-0.05, 0) is 42.5 Å². The summed E-state index contributed by atoms with van der Waals surface area (Å²) < 4.78 is 4.61. The van der Waals surface area contributed by atoms with Gasteiger partial charge in [-0.15, -0.1) is 5.11 Å². The van der Waals surface area contributed by atoms with Crippen molar-refractivity contribution in [2.75, 3.05) is 18.6 Å². The minimum Gasteiger partial charge on any atom is -0.465 e. The Labute approximate surface area is 116 Å². The van der Waals surface area contributed by atoms with Crippen LogP contribution in [0.3, 0.4) is 0 Å². The van der Waals surface area contributed by atoms with Crippen molar-refractivity contribution in [2.24, 2.45) is 10.2 Å². The Hall–Kier alpha value is -2.89. The molecule has 0 amide bonds. The topological polar surface area (TPSA) is 103 Å². The predicted molar refractivity (Wildman–Crippen MR) is 77.2 cm³/mol. The van der Waals surface area contributed by atoms with Crippen molar-refractivity contribution >= 4 is 28.7 Å². The SMILES string of the molecule is COC(=O)c1ccc(/N=N/c2ccc(N)cc2N)cc1. The van der Waals surface area contributed by atoms with E-state index < -0.39 is 5.97 Å². The number of ether oxygens (including phenoxy) is 1. The Morgan fingerprint density at radius 3 is 2.35 bits per heavy atom. The van der Waals surface area contributed by atoms with Gasteiger partial charge in [0.2, 0.25) is 0 Å². The number of rotatable bonds is 3. The Balaban J connectivity index is 2.17. The Morgan fingerprint density at radius 1 is 1.05 bits per heavy atom. The molecule has 0 fully saturated rings. The third-order valence-corrected chi connectivity index (χ3v) is 2.61. The first-order valence-electron chi connectivity index (χ1n) is 5.85. The minimum atomic E-state index is -0.392. The molecular weight excluding hydrogens is 256 g/mol. The van der Waals surface area contributed by atoms with Crippen molar-refractivity contribution in [3.05, 3.63) is 48.0 Å². The smallest absolute Gasteiger partial charge is 0.337 e. The summed E-state index contributed by atoms with van der Waals surface area (Å²) in [4.78, 5) is 11.3. The number of azo groups is 1. The number of esters is 1. The maximum absolute atomic E-state index is 11.3. The van der Waals surface area contributed by atoms with Crippen molar-refractivity contribution in [1.29, 1.82) is 0 Å². The zero-order valence-electron chi connectivity index (χ0n) is 10.9. The molecule has 0 aliphatic carbocycles. The Morgan fingerprint density at radius 2 is 1.75 bits per heavy atom. The number of nitrogens with zero attached hydrogens (tertiary/aromatic N) is 2. The highest BCUT2D eigenvalue weighted by Gasteiger charge is 2.04. The van der Waals surface area contributed by atoms with Gasteiger partial charge in [-0.3, -0.25) is 0 Å². The van der Waals surface area contributed by atoms with E-state index in [0.717, 1.165) is 0 Å². The summed E-state index contributed by atoms with van der Waals surface area (Å²) in [6, 6.07) is 11.6. The molecule has 0 atom stereocenters. The molecule has 2 rings (SSSR count). The van der Waals surface area contributed by atoms with Crippen LogP contribution in [0.4, 0.5) is 22.7 Å². The lowest BCUT2D eigenvalue weighted by molar-refractivity contribution is 0.0601. The maximum atomic E-state index is 11.3. The first-order chi connectivity index (χ1) is 9.60. The summed E-state index contributed by atoms with van der Waals surface area (Å²) in [5.41, 5.74) is 14.0. The monoisotopic (exact) mass is 270 g/mol. The molecule has 0 unspecified atom stereocenters. The van der Waals surface area contributed by atoms with Crippen molar-refractivity contribution in [2.45, 2.75) is 0 Å². The van der Waals surface area contributed by atoms with E-state index in [9.17, 15) is 4.79 Å². The summed E-state index contributed by atoms with van der Waals surface area (Å²) in [5.74, 6) is -0.392. The third-order valence-electron chi connectivity index (χ3n) is 2.61. The first kappa shape index (κ1) is 13.5. The summed E-state index contributed by atoms with van der Waals surface area (Å²) in [6.45, 7) is 0. The molecule has 2 aromatic carbocycles. The Kier molecular flexibility index (Phi) is 3.95. The number of hydrogen-bond donors (Lipinski definition) is 2. The van der Waals surface area contributed by atoms with E-state index in [4.69, 9.17) is 11.5 Å². The lowest BCUT2D eigenvalue weighted by Gasteiger charge is -2.01. The van der Waals surface area contributed by atoms with Gasteiger partial charge in [-0.1, -0.05) is 0 Å². The zero-order valence-corrected chi connectivity index (χ0v) is 10.9. The van der Waals surface area contributed by atoms with Gasteiger partial charge >= 0.3 is 5.97 Å². The van der Waals surface area contributed by atoms with Crippen LogP contribution in [0.25, 0.3) is 0 Å². The van der Waals surface area contributed by atoms with Gasteiger partial charge in [-0.2, -0.15) is 5.11 Å². The molecule has 6 nitrogen and oxygen atoms in total. The predicted octanol–water partition coefficient (Wildman–Crippen LogP) is 3.05. The Bertz CT molecular complexity index is 651. The average Bonchev–Trinajstić information content (AvgIpc) is 2.46. The number of carbonyl (C=O) groups excluding carboxylic acids is 1. The van der Waals surface area contributed by atoms with Crippen LogP contribution in [-0.4, -0.2) is 13.1 Å². The largest absolute Gasteiger partial charge is 0.465 e. The molecule has 20 heavy (non-hydrogen) atoms. The second-order valence-corrected chi connectivity index (χ2v) is 4.06. The molecule has 0 aliphatic rings. The highest BCUT2D eigenvalue weighted by atomic mass is 16.5. The highest BCUT2D eigenvalue weighted by molar-refractivity contribution is 5.89. The third kappa shape index (κ3) is 3.11. The molecule has 0 radical (unpaired) electrons. The van der Waals surface area contributed by atoms with Crippen LogP contribution in [0, 0.1) is 0 Å². The highest BCUT2D eigenvalue weighted by Crippen LogP contribution is 2.26. The van der Waals surface area contributed by atoms with Gasteiger partial charge in [0.05, 0.1) is 24.0 Å². The summed E-state index contributed by atoms with van der Waals surface area (Å²) >= 11 is 0. The number of methoxy groups -OCH3 is 1. The van der Waals surface area contributed by atoms with Gasteiger partial charge in [-0.25, -0.2) is 4.79 Å². The normalized spacial score (nSPS) is 10.7. The molecule has 0 saturated carbocycles. The van der Waals surface area contributed by atoms with Crippen molar-refractivity contribution in [1.82, 2.24) is 0 Å². The summed E-state index contributed by atoms with van der Waals surface area (Å²) in [5, 5.41) is 8.09. The van der Waals surface area contributed by atoms with Crippen molar-refractivity contribution in [3.8, 4) is 0 Å². The maximum Gasteiger partial charge on any atom is 0.337 e. The van der Waals surface area contributed by atoms with E-state index >= 15 is 0 Å². The fourth-order valence-electron chi connectivity index (χ4n) is 1.56. The zero-order chi connectivity index (χ0) is 14.5. The number of carbonyl (C=O) groups is 1. The lowest BCUT2D eigenvalue weighted by Crippen LogP contribution is -1.99. The van der Waals surface area contributed by atoms with Crippen molar-refractivity contribution < 1.29 is 9.53 Å². The molecule has 0 bridgehead atoms. The van der Waals surface area contributed by atoms with Gasteiger partial charge in [0.15, 0.2) is 0 Å². The van der Waals surface area contributed by atoms with Gasteiger partial charge in [0.25, 0.3) is 0 Å². The van der Waals surface area contributed by atoms with Crippen LogP contribution in [0.1, 0.15) is 10.4 Å². The van der Waals surface area contributed by atoms with E-state index in [1.807, 2.05) is 0 Å². The molecule has 102 valence electrons. The van der Waals surface area contributed by atoms with Crippen LogP contribution >= 0.6 is 0 Å². The number of nitrogens with two attached hydrogens (primary N) is 2. The van der Waals surface area contributed by atoms with E-state index in [1.165, 1.54) is 7.11 Å². The lowest BCUT2D eigenvalue weighted by atomic mass is 10.2. The van der Waals surface area contributed by atoms with Crippen LogP contribution in [-0.2, 0) is 4.74 Å². The standard InChI is InChI=1S/C14H14N4O2/c1-20-14(19)9-2-5-11(6-3-9)17-18-13-7-4-10(15)8-12(13)16/h2-8H,15-16H2,1H3/b18-17+. The van der Waals surface area contributed by atoms with Crippen LogP contribution < -0.4 is 11.5 Å². The molecule has 6 heteroatoms. The second-order valence-electron chi connectivity index (χ2n) is 4.06. The molecular formula is C14H14N4O2. The number of hydrogen-bond acceptors (Lipinski definition) is 6. The van der Waals surface area contributed by atoms with Crippen molar-refractivity contribution in [3.63, 3.8) is 0 Å². The number of anilines is 2. The molecule has 0 heterocycles. The first-order valence-corrected chi connectivity index (χ1v) is 5.85. The molecule has 0 aliphatic heterocycles. The summed E-state index contributed by atoms with van der Waals surface area (Å²) in [7, 11) is 1.33. The van der Waals surface area contributed by atoms with E-state index in [-0.39, 0.29) is 0 Å².